The minimum Gasteiger partial charge on any atom is -0.308 e. The van der Waals surface area contributed by atoms with Crippen LogP contribution in [0.2, 0.25) is 0 Å². The zero-order valence-corrected chi connectivity index (χ0v) is 17.5. The molecule has 3 heterocycles. The fraction of sp³-hybridized carbons (Fsp3) is 0.381. The molecule has 2 aliphatic rings. The van der Waals surface area contributed by atoms with E-state index < -0.39 is 0 Å². The van der Waals surface area contributed by atoms with Crippen LogP contribution in [0.25, 0.3) is 10.2 Å². The summed E-state index contributed by atoms with van der Waals surface area (Å²) in [5.41, 5.74) is 3.43. The van der Waals surface area contributed by atoms with Crippen molar-refractivity contribution < 1.29 is 4.79 Å². The summed E-state index contributed by atoms with van der Waals surface area (Å²) < 4.78 is 1.60. The summed E-state index contributed by atoms with van der Waals surface area (Å²) in [5.74, 6) is 0.334. The Morgan fingerprint density at radius 1 is 1.32 bits per heavy atom. The molecule has 0 fully saturated rings. The van der Waals surface area contributed by atoms with Crippen LogP contribution in [0.1, 0.15) is 29.3 Å². The Kier molecular flexibility index (Phi) is 4.32. The van der Waals surface area contributed by atoms with Crippen LogP contribution in [0, 0.1) is 0 Å². The summed E-state index contributed by atoms with van der Waals surface area (Å²) >= 11 is 3.00. The number of benzene rings is 1. The molecule has 0 saturated heterocycles. The van der Waals surface area contributed by atoms with Crippen LogP contribution >= 0.6 is 23.1 Å². The maximum atomic E-state index is 13.0. The zero-order chi connectivity index (χ0) is 19.4. The quantitative estimate of drug-likeness (QED) is 0.489. The number of thiophene rings is 1. The molecule has 0 N–H and O–H groups in total. The topological polar surface area (TPSA) is 55.2 Å². The van der Waals surface area contributed by atoms with Crippen molar-refractivity contribution in [3.05, 3.63) is 50.6 Å². The van der Waals surface area contributed by atoms with Gasteiger partial charge in [0.25, 0.3) is 5.56 Å². The van der Waals surface area contributed by atoms with E-state index in [-0.39, 0.29) is 23.3 Å². The molecule has 2 aromatic heterocycles. The second kappa shape index (κ2) is 6.74. The normalized spacial score (nSPS) is 17.9. The van der Waals surface area contributed by atoms with Crippen LogP contribution in [-0.4, -0.2) is 27.3 Å². The second-order valence-corrected chi connectivity index (χ2v) is 9.56. The van der Waals surface area contributed by atoms with Crippen LogP contribution in [0.3, 0.4) is 0 Å². The lowest BCUT2D eigenvalue weighted by atomic mass is 10.1. The lowest BCUT2D eigenvalue weighted by Crippen LogP contribution is -2.37. The Bertz CT molecular complexity index is 1160. The summed E-state index contributed by atoms with van der Waals surface area (Å²) in [5, 5.41) is 1.41. The molecule has 1 amide bonds. The highest BCUT2D eigenvalue weighted by molar-refractivity contribution is 7.99. The number of carbonyl (C=O) groups is 1. The zero-order valence-electron chi connectivity index (χ0n) is 15.9. The van der Waals surface area contributed by atoms with E-state index in [9.17, 15) is 9.59 Å². The van der Waals surface area contributed by atoms with Gasteiger partial charge in [-0.1, -0.05) is 30.0 Å². The van der Waals surface area contributed by atoms with Gasteiger partial charge in [0, 0.05) is 23.7 Å². The number of para-hydroxylation sites is 1. The van der Waals surface area contributed by atoms with E-state index in [0.717, 1.165) is 41.6 Å². The van der Waals surface area contributed by atoms with Crippen molar-refractivity contribution in [2.75, 3.05) is 10.7 Å². The lowest BCUT2D eigenvalue weighted by Gasteiger charge is -2.22. The van der Waals surface area contributed by atoms with Gasteiger partial charge in [0.05, 0.1) is 11.1 Å². The van der Waals surface area contributed by atoms with E-state index in [2.05, 4.69) is 13.0 Å². The minimum absolute atomic E-state index is 0.0132. The van der Waals surface area contributed by atoms with Gasteiger partial charge in [-0.15, -0.1) is 11.3 Å². The molecule has 0 saturated carbocycles. The van der Waals surface area contributed by atoms with Gasteiger partial charge in [-0.2, -0.15) is 0 Å². The molecule has 0 radical (unpaired) electrons. The first-order valence-corrected chi connectivity index (χ1v) is 11.4. The number of fused-ring (bicyclic) bond motifs is 4. The second-order valence-electron chi connectivity index (χ2n) is 7.53. The third-order valence-electron chi connectivity index (χ3n) is 5.71. The molecular formula is C21H21N3O2S2. The van der Waals surface area contributed by atoms with Crippen LogP contribution in [0.15, 0.2) is 34.2 Å². The number of rotatable bonds is 3. The van der Waals surface area contributed by atoms with Crippen LogP contribution in [0.4, 0.5) is 5.69 Å². The maximum Gasteiger partial charge on any atom is 0.262 e. The maximum absolute atomic E-state index is 13.0. The predicted molar refractivity (Wildman–Crippen MR) is 115 cm³/mol. The first kappa shape index (κ1) is 17.9. The number of thioether (sulfide) groups is 1. The van der Waals surface area contributed by atoms with Gasteiger partial charge in [0.1, 0.15) is 4.83 Å². The van der Waals surface area contributed by atoms with Crippen molar-refractivity contribution in [1.82, 2.24) is 9.55 Å². The van der Waals surface area contributed by atoms with Gasteiger partial charge in [-0.3, -0.25) is 14.2 Å². The molecule has 7 heteroatoms. The number of aromatic nitrogens is 2. The lowest BCUT2D eigenvalue weighted by molar-refractivity contribution is -0.116. The Hall–Kier alpha value is -2.12. The van der Waals surface area contributed by atoms with Crippen molar-refractivity contribution >= 4 is 44.9 Å². The van der Waals surface area contributed by atoms with Crippen molar-refractivity contribution in [2.45, 2.75) is 43.8 Å². The number of hydrogen-bond donors (Lipinski definition) is 0. The molecule has 3 aromatic rings. The van der Waals surface area contributed by atoms with Gasteiger partial charge in [-0.25, -0.2) is 4.98 Å². The van der Waals surface area contributed by atoms with Gasteiger partial charge in [0.15, 0.2) is 5.16 Å². The molecule has 5 nitrogen and oxygen atoms in total. The number of aryl methyl sites for hydroxylation is 2. The van der Waals surface area contributed by atoms with E-state index in [1.165, 1.54) is 27.8 Å². The van der Waals surface area contributed by atoms with E-state index in [1.54, 1.807) is 23.0 Å². The van der Waals surface area contributed by atoms with Crippen molar-refractivity contribution in [1.29, 1.82) is 0 Å². The van der Waals surface area contributed by atoms with Crippen LogP contribution in [0.5, 0.6) is 0 Å². The highest BCUT2D eigenvalue weighted by atomic mass is 32.2. The Labute approximate surface area is 171 Å². The molecule has 0 bridgehead atoms. The minimum atomic E-state index is 0.0132. The molecule has 144 valence electrons. The SMILES string of the molecule is CC1Cc2ccccc2N1C(=O)CSc1nc2sc3c(c2c(=O)n1C)CCC3. The molecule has 1 aliphatic carbocycles. The molecular weight excluding hydrogens is 390 g/mol. The van der Waals surface area contributed by atoms with Crippen LogP contribution in [-0.2, 0) is 31.1 Å². The third-order valence-corrected chi connectivity index (χ3v) is 7.91. The smallest absolute Gasteiger partial charge is 0.262 e. The molecule has 1 aliphatic heterocycles. The Morgan fingerprint density at radius 2 is 2.14 bits per heavy atom. The summed E-state index contributed by atoms with van der Waals surface area (Å²) in [6, 6.07) is 8.24. The first-order chi connectivity index (χ1) is 13.5. The van der Waals surface area contributed by atoms with E-state index >= 15 is 0 Å². The van der Waals surface area contributed by atoms with Gasteiger partial charge < -0.3 is 4.90 Å². The van der Waals surface area contributed by atoms with Gasteiger partial charge in [0.2, 0.25) is 5.91 Å². The Morgan fingerprint density at radius 3 is 3.00 bits per heavy atom. The fourth-order valence-electron chi connectivity index (χ4n) is 4.38. The van der Waals surface area contributed by atoms with Crippen LogP contribution < -0.4 is 10.5 Å². The number of amides is 1. The number of nitrogens with zero attached hydrogens (tertiary/aromatic N) is 3. The number of anilines is 1. The molecule has 0 spiro atoms. The van der Waals surface area contributed by atoms with E-state index in [1.807, 2.05) is 23.1 Å². The average molecular weight is 412 g/mol. The molecule has 1 atom stereocenters. The van der Waals surface area contributed by atoms with Gasteiger partial charge in [-0.05, 0) is 49.8 Å². The molecule has 1 aromatic carbocycles. The highest BCUT2D eigenvalue weighted by Crippen LogP contribution is 2.36. The molecule has 1 unspecified atom stereocenters. The predicted octanol–water partition coefficient (Wildman–Crippen LogP) is 3.55. The van der Waals surface area contributed by atoms with E-state index in [4.69, 9.17) is 4.98 Å². The highest BCUT2D eigenvalue weighted by Gasteiger charge is 2.30. The Balaban J connectivity index is 1.41. The van der Waals surface area contributed by atoms with E-state index in [0.29, 0.717) is 5.16 Å². The van der Waals surface area contributed by atoms with Crippen molar-refractivity contribution in [3.63, 3.8) is 0 Å². The standard InChI is InChI=1S/C21H21N3O2S2/c1-12-10-13-6-3-4-8-15(13)24(12)17(25)11-27-21-22-19-18(20(26)23(21)2)14-7-5-9-16(14)28-19/h3-4,6,8,12H,5,7,9-11H2,1-2H3. The largest absolute Gasteiger partial charge is 0.308 e. The number of hydrogen-bond acceptors (Lipinski definition) is 5. The summed E-state index contributed by atoms with van der Waals surface area (Å²) in [6.45, 7) is 2.08. The summed E-state index contributed by atoms with van der Waals surface area (Å²) in [6.07, 6.45) is 4.03. The molecule has 28 heavy (non-hydrogen) atoms. The number of carbonyl (C=O) groups excluding carboxylic acids is 1. The summed E-state index contributed by atoms with van der Waals surface area (Å²) in [7, 11) is 1.76. The monoisotopic (exact) mass is 411 g/mol. The first-order valence-electron chi connectivity index (χ1n) is 9.58. The van der Waals surface area contributed by atoms with Crippen molar-refractivity contribution in [2.24, 2.45) is 7.05 Å². The van der Waals surface area contributed by atoms with Crippen molar-refractivity contribution in [3.8, 4) is 0 Å². The molecule has 5 rings (SSSR count). The fourth-order valence-corrected chi connectivity index (χ4v) is 6.51. The average Bonchev–Trinajstić information content (AvgIpc) is 3.34. The third kappa shape index (κ3) is 2.71. The van der Waals surface area contributed by atoms with Gasteiger partial charge >= 0.3 is 0 Å². The summed E-state index contributed by atoms with van der Waals surface area (Å²) in [4.78, 5) is 34.6.